The van der Waals surface area contributed by atoms with E-state index in [1.54, 1.807) is 4.90 Å². The Morgan fingerprint density at radius 2 is 1.95 bits per heavy atom. The minimum atomic E-state index is -0.690. The second-order valence-corrected chi connectivity index (χ2v) is 5.96. The number of rotatable bonds is 2. The zero-order valence-corrected chi connectivity index (χ0v) is 11.7. The van der Waals surface area contributed by atoms with Crippen molar-refractivity contribution in [1.82, 2.24) is 0 Å². The lowest BCUT2D eigenvalue weighted by Crippen LogP contribution is -2.41. The van der Waals surface area contributed by atoms with Crippen LogP contribution in [-0.2, 0) is 0 Å². The predicted octanol–water partition coefficient (Wildman–Crippen LogP) is 2.69. The van der Waals surface area contributed by atoms with Gasteiger partial charge in [-0.25, -0.2) is 8.78 Å². The molecule has 0 saturated carbocycles. The Morgan fingerprint density at radius 1 is 1.35 bits per heavy atom. The Kier molecular flexibility index (Phi) is 3.83. The lowest BCUT2D eigenvalue weighted by atomic mass is 9.84. The topological polar surface area (TPSA) is 61.8 Å². The molecule has 1 aliphatic rings. The van der Waals surface area contributed by atoms with Crippen LogP contribution in [0.2, 0.25) is 0 Å². The molecule has 0 bridgehead atoms. The zero-order chi connectivity index (χ0) is 14.9. The highest BCUT2D eigenvalue weighted by atomic mass is 19.1. The van der Waals surface area contributed by atoms with E-state index in [9.17, 15) is 8.78 Å². The molecule has 0 amide bonds. The Hall–Kier alpha value is -1.85. The third kappa shape index (κ3) is 2.84. The van der Waals surface area contributed by atoms with E-state index in [0.29, 0.717) is 13.1 Å². The quantitative estimate of drug-likeness (QED) is 0.380. The maximum absolute atomic E-state index is 14.2. The monoisotopic (exact) mass is 283 g/mol. The minimum absolute atomic E-state index is 0.0292. The molecule has 0 atom stereocenters. The highest BCUT2D eigenvalue weighted by Crippen LogP contribution is 2.34. The number of benzene rings is 1. The Labute approximate surface area is 116 Å². The van der Waals surface area contributed by atoms with Gasteiger partial charge in [-0.3, -0.25) is 0 Å². The average Bonchev–Trinajstić information content (AvgIpc) is 2.35. The molecule has 1 aliphatic heterocycles. The number of oxime groups is 1. The van der Waals surface area contributed by atoms with Gasteiger partial charge in [0.1, 0.15) is 17.3 Å². The van der Waals surface area contributed by atoms with E-state index in [1.807, 2.05) is 0 Å². The maximum Gasteiger partial charge on any atom is 0.170 e. The van der Waals surface area contributed by atoms with Crippen LogP contribution < -0.4 is 10.6 Å². The summed E-state index contributed by atoms with van der Waals surface area (Å²) in [4.78, 5) is 1.73. The number of hydrogen-bond donors (Lipinski definition) is 2. The molecule has 4 nitrogen and oxygen atoms in total. The van der Waals surface area contributed by atoms with Crippen LogP contribution in [0.5, 0.6) is 0 Å². The van der Waals surface area contributed by atoms with Crippen molar-refractivity contribution in [3.63, 3.8) is 0 Å². The Bertz CT molecular complexity index is 520. The number of hydrogen-bond acceptors (Lipinski definition) is 3. The molecule has 3 N–H and O–H groups in total. The summed E-state index contributed by atoms with van der Waals surface area (Å²) in [5.74, 6) is -1.69. The second-order valence-electron chi connectivity index (χ2n) is 5.96. The predicted molar refractivity (Wildman–Crippen MR) is 74.1 cm³/mol. The van der Waals surface area contributed by atoms with Gasteiger partial charge in [0.25, 0.3) is 0 Å². The largest absolute Gasteiger partial charge is 0.409 e. The van der Waals surface area contributed by atoms with E-state index in [4.69, 9.17) is 10.9 Å². The van der Waals surface area contributed by atoms with E-state index >= 15 is 0 Å². The van der Waals surface area contributed by atoms with Gasteiger partial charge in [-0.15, -0.1) is 0 Å². The molecule has 0 aliphatic carbocycles. The summed E-state index contributed by atoms with van der Waals surface area (Å²) < 4.78 is 28.3. The molecule has 2 rings (SSSR count). The fraction of sp³-hybridized carbons (Fsp3) is 0.500. The van der Waals surface area contributed by atoms with E-state index < -0.39 is 11.6 Å². The second kappa shape index (κ2) is 5.26. The number of piperidine rings is 1. The van der Waals surface area contributed by atoms with Crippen molar-refractivity contribution in [3.05, 3.63) is 29.3 Å². The molecule has 0 aromatic heterocycles. The number of amidine groups is 1. The number of nitrogens with zero attached hydrogens (tertiary/aromatic N) is 2. The van der Waals surface area contributed by atoms with Crippen molar-refractivity contribution in [1.29, 1.82) is 0 Å². The van der Waals surface area contributed by atoms with Gasteiger partial charge in [0, 0.05) is 18.7 Å². The first-order valence-corrected chi connectivity index (χ1v) is 6.56. The SMILES string of the molecule is CC1(C)CCCN(c2c(F)cc(C(N)=NO)cc2F)C1. The van der Waals surface area contributed by atoms with Crippen molar-refractivity contribution in [2.24, 2.45) is 16.3 Å². The van der Waals surface area contributed by atoms with E-state index in [-0.39, 0.29) is 22.5 Å². The normalized spacial score (nSPS) is 19.2. The van der Waals surface area contributed by atoms with Gasteiger partial charge in [-0.2, -0.15) is 0 Å². The van der Waals surface area contributed by atoms with E-state index in [0.717, 1.165) is 25.0 Å². The fourth-order valence-electron chi connectivity index (χ4n) is 2.69. The van der Waals surface area contributed by atoms with Gasteiger partial charge in [0.05, 0.1) is 0 Å². The smallest absolute Gasteiger partial charge is 0.170 e. The highest BCUT2D eigenvalue weighted by Gasteiger charge is 2.29. The minimum Gasteiger partial charge on any atom is -0.409 e. The van der Waals surface area contributed by atoms with Crippen LogP contribution in [0, 0.1) is 17.0 Å². The van der Waals surface area contributed by atoms with Crippen LogP contribution in [0.1, 0.15) is 32.3 Å². The van der Waals surface area contributed by atoms with Crippen LogP contribution in [0.25, 0.3) is 0 Å². The highest BCUT2D eigenvalue weighted by molar-refractivity contribution is 5.97. The van der Waals surface area contributed by atoms with E-state index in [1.165, 1.54) is 0 Å². The first-order valence-electron chi connectivity index (χ1n) is 6.56. The lowest BCUT2D eigenvalue weighted by molar-refractivity contribution is 0.290. The molecule has 6 heteroatoms. The first kappa shape index (κ1) is 14.6. The molecular formula is C14H19F2N3O. The molecular weight excluding hydrogens is 264 g/mol. The summed E-state index contributed by atoms with van der Waals surface area (Å²) >= 11 is 0. The van der Waals surface area contributed by atoms with Crippen molar-refractivity contribution in [2.45, 2.75) is 26.7 Å². The van der Waals surface area contributed by atoms with Crippen molar-refractivity contribution in [3.8, 4) is 0 Å². The van der Waals surface area contributed by atoms with Gasteiger partial charge in [-0.05, 0) is 30.4 Å². The summed E-state index contributed by atoms with van der Waals surface area (Å²) in [6.45, 7) is 5.39. The molecule has 1 heterocycles. The van der Waals surface area contributed by atoms with Crippen LogP contribution in [0.15, 0.2) is 17.3 Å². The third-order valence-corrected chi connectivity index (χ3v) is 3.64. The number of nitrogens with two attached hydrogens (primary N) is 1. The van der Waals surface area contributed by atoms with Crippen LogP contribution in [0.3, 0.4) is 0 Å². The van der Waals surface area contributed by atoms with Gasteiger partial charge in [0.15, 0.2) is 5.84 Å². The molecule has 0 unspecified atom stereocenters. The summed E-state index contributed by atoms with van der Waals surface area (Å²) in [6, 6.07) is 2.18. The lowest BCUT2D eigenvalue weighted by Gasteiger charge is -2.39. The number of anilines is 1. The van der Waals surface area contributed by atoms with Gasteiger partial charge in [-0.1, -0.05) is 19.0 Å². The summed E-state index contributed by atoms with van der Waals surface area (Å²) in [6.07, 6.45) is 1.93. The molecule has 1 saturated heterocycles. The van der Waals surface area contributed by atoms with Gasteiger partial charge in [0.2, 0.25) is 0 Å². The first-order chi connectivity index (χ1) is 9.34. The van der Waals surface area contributed by atoms with Gasteiger partial charge < -0.3 is 15.8 Å². The molecule has 1 fully saturated rings. The van der Waals surface area contributed by atoms with Crippen LogP contribution in [-0.4, -0.2) is 24.1 Å². The average molecular weight is 283 g/mol. The Morgan fingerprint density at radius 3 is 2.45 bits per heavy atom. The molecule has 1 aromatic carbocycles. The maximum atomic E-state index is 14.2. The van der Waals surface area contributed by atoms with Crippen molar-refractivity contribution >= 4 is 11.5 Å². The fourth-order valence-corrected chi connectivity index (χ4v) is 2.69. The van der Waals surface area contributed by atoms with Gasteiger partial charge >= 0.3 is 0 Å². The Balaban J connectivity index is 2.38. The van der Waals surface area contributed by atoms with Crippen LogP contribution in [0.4, 0.5) is 14.5 Å². The summed E-state index contributed by atoms with van der Waals surface area (Å²) in [5, 5.41) is 11.3. The van der Waals surface area contributed by atoms with E-state index in [2.05, 4.69) is 19.0 Å². The standard InChI is InChI=1S/C14H19F2N3O/c1-14(2)4-3-5-19(8-14)12-10(15)6-9(7-11(12)16)13(17)18-20/h6-7,20H,3-5,8H2,1-2H3,(H2,17,18). The molecule has 0 spiro atoms. The molecule has 0 radical (unpaired) electrons. The third-order valence-electron chi connectivity index (χ3n) is 3.64. The van der Waals surface area contributed by atoms with Crippen LogP contribution >= 0.6 is 0 Å². The van der Waals surface area contributed by atoms with Crippen molar-refractivity contribution in [2.75, 3.05) is 18.0 Å². The molecule has 110 valence electrons. The van der Waals surface area contributed by atoms with Crippen molar-refractivity contribution < 1.29 is 14.0 Å². The summed E-state index contributed by atoms with van der Waals surface area (Å²) in [7, 11) is 0. The molecule has 1 aromatic rings. The molecule has 20 heavy (non-hydrogen) atoms. The summed E-state index contributed by atoms with van der Waals surface area (Å²) in [5.41, 5.74) is 5.38. The zero-order valence-electron chi connectivity index (χ0n) is 11.7. The number of halogens is 2.